The molecule has 9 atom stereocenters. The van der Waals surface area contributed by atoms with E-state index in [2.05, 4.69) is 41.5 Å². The Morgan fingerprint density at radius 3 is 0.576 bits per heavy atom. The van der Waals surface area contributed by atoms with Gasteiger partial charge >= 0.3 is 74.4 Å². The molecule has 0 heterocycles. The molecule has 0 aromatic carbocycles. The molecule has 0 aromatic heterocycles. The maximum absolute atomic E-state index is 12.1. The largest absolute Gasteiger partial charge is 3.00 e. The molecule has 0 fully saturated rings. The predicted molar refractivity (Wildman–Crippen MR) is 320 cm³/mol. The molecule has 0 saturated heterocycles. The summed E-state index contributed by atoms with van der Waals surface area (Å²) in [5.41, 5.74) is 0. The van der Waals surface area contributed by atoms with E-state index in [1.807, 2.05) is 41.5 Å². The van der Waals surface area contributed by atoms with Gasteiger partial charge in [-0.25, -0.2) is 25.3 Å². The third-order valence-electron chi connectivity index (χ3n) is 15.0. The molecule has 25 heteroatoms. The smallest absolute Gasteiger partial charge is 0.747 e. The summed E-state index contributed by atoms with van der Waals surface area (Å²) in [6.07, 6.45) is 19.7. The van der Waals surface area contributed by atoms with Gasteiger partial charge in [0.05, 0.1) is 58.9 Å². The van der Waals surface area contributed by atoms with Crippen molar-refractivity contribution in [3.63, 3.8) is 0 Å². The fourth-order valence-electron chi connectivity index (χ4n) is 8.44. The molecule has 0 saturated carbocycles. The first-order valence-corrected chi connectivity index (χ1v) is 35.8. The molecule has 0 aliphatic carbocycles. The van der Waals surface area contributed by atoms with Gasteiger partial charge < -0.3 is 42.1 Å². The van der Waals surface area contributed by atoms with E-state index < -0.39 is 101 Å². The van der Waals surface area contributed by atoms with Crippen molar-refractivity contribution >= 4 is 66.2 Å². The average molecular weight is 1420 g/mol. The van der Waals surface area contributed by atoms with Gasteiger partial charge in [-0.05, 0) is 74.0 Å². The Labute approximate surface area is 544 Å². The topological polar surface area (TPSA) is 329 Å². The first kappa shape index (κ1) is 89.3. The van der Waals surface area contributed by atoms with Crippen molar-refractivity contribution in [1.29, 1.82) is 0 Å². The van der Waals surface area contributed by atoms with E-state index >= 15 is 0 Å². The van der Waals surface area contributed by atoms with Crippen LogP contribution in [0.1, 0.15) is 256 Å². The number of hydrogen-bond acceptors (Lipinski definition) is 21. The number of rotatable bonds is 48. The van der Waals surface area contributed by atoms with Crippen molar-refractivity contribution in [3.8, 4) is 0 Å². The van der Waals surface area contributed by atoms with Gasteiger partial charge in [0.25, 0.3) is 0 Å². The molecule has 0 amide bonds. The van der Waals surface area contributed by atoms with Gasteiger partial charge in [0.1, 0.15) is 30.4 Å². The van der Waals surface area contributed by atoms with E-state index in [0.29, 0.717) is 0 Å². The fraction of sp³-hybridized carbons (Fsp3) is 0.900. The maximum Gasteiger partial charge on any atom is 3.00 e. The van der Waals surface area contributed by atoms with Crippen molar-refractivity contribution in [3.05, 3.63) is 0 Å². The molecule has 0 radical (unpaired) electrons. The van der Waals surface area contributed by atoms with Crippen LogP contribution in [0, 0.1) is 74.1 Å². The molecule has 85 heavy (non-hydrogen) atoms. The van der Waals surface area contributed by atoms with Gasteiger partial charge in [-0.15, -0.1) is 0 Å². The van der Waals surface area contributed by atoms with Crippen LogP contribution in [0.4, 0.5) is 0 Å². The maximum atomic E-state index is 12.1. The molecule has 0 aliphatic heterocycles. The molecule has 504 valence electrons. The van der Waals surface area contributed by atoms with Crippen LogP contribution in [-0.2, 0) is 87.5 Å². The first-order valence-electron chi connectivity index (χ1n) is 31.4. The summed E-state index contributed by atoms with van der Waals surface area (Å²) in [5.74, 6) is -5.23. The third kappa shape index (κ3) is 46.6. The molecular formula is C60H111O21S3Tb. The van der Waals surface area contributed by atoms with Crippen molar-refractivity contribution in [1.82, 2.24) is 0 Å². The van der Waals surface area contributed by atoms with Crippen molar-refractivity contribution in [2.75, 3.05) is 39.6 Å². The van der Waals surface area contributed by atoms with Crippen LogP contribution < -0.4 is 0 Å². The summed E-state index contributed by atoms with van der Waals surface area (Å²) in [4.78, 5) is 72.4. The zero-order chi connectivity index (χ0) is 64.7. The van der Waals surface area contributed by atoms with E-state index in [9.17, 15) is 67.7 Å². The molecule has 0 aromatic rings. The summed E-state index contributed by atoms with van der Waals surface area (Å²) >= 11 is 0. The number of carbonyl (C=O) groups excluding carboxylic acids is 6. The second kappa shape index (κ2) is 53.7. The fourth-order valence-corrected chi connectivity index (χ4v) is 10.4. The SMILES string of the molecule is CCCCC(CC)COC(=O)CC(C(=O)OCC(CC)CCCC)S(=O)(=O)[O-].CCCCC(CC)COC(=O)CC(C(=O)OCC(CC)CCCC)S(=O)(=O)[O-].CCCCC(CC)COC(=O)CC(C(=O)OCC(CC)CCCC)S(=O)(=O)[O-].[Tb+3]. The minimum Gasteiger partial charge on any atom is -0.747 e. The normalized spacial score (nSPS) is 14.7. The molecule has 0 spiro atoms. The quantitative estimate of drug-likeness (QED) is 0.0310. The summed E-state index contributed by atoms with van der Waals surface area (Å²) in [5, 5.41) is -6.17. The van der Waals surface area contributed by atoms with Crippen LogP contribution in [0.3, 0.4) is 0 Å². The monoisotopic (exact) mass is 1420 g/mol. The van der Waals surface area contributed by atoms with Gasteiger partial charge in [-0.1, -0.05) is 199 Å². The van der Waals surface area contributed by atoms with Gasteiger partial charge in [0.15, 0.2) is 15.7 Å². The Hall–Kier alpha value is -2.16. The van der Waals surface area contributed by atoms with Gasteiger partial charge in [-0.3, -0.25) is 28.8 Å². The van der Waals surface area contributed by atoms with Gasteiger partial charge in [0, 0.05) is 0 Å². The average Bonchev–Trinajstić information content (AvgIpc) is 3.64. The number of hydrogen-bond donors (Lipinski definition) is 0. The third-order valence-corrected chi connectivity index (χ3v) is 18.1. The van der Waals surface area contributed by atoms with E-state index in [1.54, 1.807) is 0 Å². The van der Waals surface area contributed by atoms with Crippen LogP contribution >= 0.6 is 0 Å². The van der Waals surface area contributed by atoms with E-state index in [0.717, 1.165) is 154 Å². The van der Waals surface area contributed by atoms with E-state index in [1.165, 1.54) is 0 Å². The van der Waals surface area contributed by atoms with Crippen LogP contribution in [0.2, 0.25) is 0 Å². The minimum absolute atomic E-state index is 0. The predicted octanol–water partition coefficient (Wildman–Crippen LogP) is 11.4. The minimum atomic E-state index is -5.01. The molecule has 0 N–H and O–H groups in total. The number of unbranched alkanes of at least 4 members (excludes halogenated alkanes) is 6. The molecule has 0 rings (SSSR count). The Kier molecular flexibility index (Phi) is 56.3. The molecule has 0 aliphatic rings. The molecule has 0 bridgehead atoms. The molecule has 21 nitrogen and oxygen atoms in total. The van der Waals surface area contributed by atoms with Gasteiger partial charge in [0.2, 0.25) is 0 Å². The standard InChI is InChI=1S/3C20H38O7S.Tb/c3*1-5-9-11-16(7-3)14-26-19(21)13-18(28(23,24)25)20(22)27-15-17(8-4)12-10-6-2;/h3*16-18H,5-15H2,1-4H3,(H,23,24,25);/q;;;+3/p-3. The number of esters is 6. The number of carbonyl (C=O) groups is 6. The van der Waals surface area contributed by atoms with Crippen LogP contribution in [0.5, 0.6) is 0 Å². The summed E-state index contributed by atoms with van der Waals surface area (Å²) in [7, 11) is -15.0. The Bertz CT molecular complexity index is 1880. The second-order valence-electron chi connectivity index (χ2n) is 22.0. The van der Waals surface area contributed by atoms with E-state index in [-0.39, 0.29) is 114 Å². The Balaban J connectivity index is -0.000000576. The Morgan fingerprint density at radius 2 is 0.447 bits per heavy atom. The van der Waals surface area contributed by atoms with Crippen molar-refractivity contribution in [2.45, 2.75) is 272 Å². The van der Waals surface area contributed by atoms with E-state index in [4.69, 9.17) is 28.4 Å². The zero-order valence-corrected chi connectivity index (χ0v) is 58.3. The summed E-state index contributed by atoms with van der Waals surface area (Å²) in [6, 6.07) is 0. The molecular weight excluding hydrogens is 1310 g/mol. The first-order chi connectivity index (χ1) is 39.6. The molecule has 9 unspecified atom stereocenters. The van der Waals surface area contributed by atoms with Crippen LogP contribution in [0.15, 0.2) is 0 Å². The summed E-state index contributed by atoms with van der Waals surface area (Å²) in [6.45, 7) is 24.8. The second-order valence-corrected chi connectivity index (χ2v) is 26.7. The van der Waals surface area contributed by atoms with Crippen LogP contribution in [-0.4, -0.2) is 130 Å². The van der Waals surface area contributed by atoms with Gasteiger partial charge in [-0.2, -0.15) is 0 Å². The number of ether oxygens (including phenoxy) is 6. The Morgan fingerprint density at radius 1 is 0.294 bits per heavy atom. The van der Waals surface area contributed by atoms with Crippen molar-refractivity contribution < 1.29 is 135 Å². The van der Waals surface area contributed by atoms with Crippen molar-refractivity contribution in [2.24, 2.45) is 35.5 Å². The van der Waals surface area contributed by atoms with Crippen LogP contribution in [0.25, 0.3) is 0 Å². The zero-order valence-electron chi connectivity index (χ0n) is 53.7. The summed E-state index contributed by atoms with van der Waals surface area (Å²) < 4.78 is 134.